The number of hydrogen-bond donors (Lipinski definition) is 1. The number of piperidine rings is 1. The molecule has 1 fully saturated rings. The lowest BCUT2D eigenvalue weighted by atomic mass is 9.79. The Morgan fingerprint density at radius 3 is 1.95 bits per heavy atom. The van der Waals surface area contributed by atoms with Crippen molar-refractivity contribution < 1.29 is 13.6 Å². The average molecular weight is 537 g/mol. The minimum atomic E-state index is -0.274. The van der Waals surface area contributed by atoms with Crippen LogP contribution in [0, 0.1) is 17.6 Å². The van der Waals surface area contributed by atoms with E-state index in [0.717, 1.165) is 67.6 Å². The smallest absolute Gasteiger partial charge is 0.252 e. The van der Waals surface area contributed by atoms with Gasteiger partial charge in [0.1, 0.15) is 11.6 Å². The molecule has 2 aliphatic heterocycles. The summed E-state index contributed by atoms with van der Waals surface area (Å²) in [6, 6.07) is 32.0. The van der Waals surface area contributed by atoms with Crippen LogP contribution in [0.4, 0.5) is 8.78 Å². The Balaban J connectivity index is 1.23. The van der Waals surface area contributed by atoms with E-state index in [1.54, 1.807) is 0 Å². The van der Waals surface area contributed by atoms with Crippen molar-refractivity contribution in [2.24, 2.45) is 5.92 Å². The van der Waals surface area contributed by atoms with Crippen LogP contribution in [0.15, 0.2) is 103 Å². The van der Waals surface area contributed by atoms with E-state index in [0.29, 0.717) is 5.92 Å². The van der Waals surface area contributed by atoms with Gasteiger partial charge in [-0.3, -0.25) is 4.79 Å². The average Bonchev–Trinajstić information content (AvgIpc) is 3.25. The lowest BCUT2D eigenvalue weighted by Gasteiger charge is -2.41. The molecule has 0 aliphatic carbocycles. The van der Waals surface area contributed by atoms with Gasteiger partial charge in [0.2, 0.25) is 0 Å². The summed E-state index contributed by atoms with van der Waals surface area (Å²) in [5.41, 5.74) is 5.02. The third kappa shape index (κ3) is 5.57. The first-order valence-corrected chi connectivity index (χ1v) is 14.2. The SMILES string of the molecule is O=C1NC2(CCN(CC(Cc3ccccc3)CC(c3ccc(F)cc3)c3ccc(F)cc3)CC2)c2ccccc21. The number of likely N-dealkylation sites (tertiary alicyclic amines) is 1. The molecule has 1 saturated heterocycles. The highest BCUT2D eigenvalue weighted by Gasteiger charge is 2.44. The lowest BCUT2D eigenvalue weighted by Crippen LogP contribution is -2.50. The molecule has 1 spiro atoms. The van der Waals surface area contributed by atoms with Gasteiger partial charge in [-0.05, 0) is 84.2 Å². The number of nitrogens with zero attached hydrogens (tertiary/aromatic N) is 1. The Morgan fingerprint density at radius 1 is 0.750 bits per heavy atom. The molecule has 1 atom stereocenters. The second-order valence-corrected chi connectivity index (χ2v) is 11.3. The second-order valence-electron chi connectivity index (χ2n) is 11.3. The van der Waals surface area contributed by atoms with Crippen molar-refractivity contribution in [2.45, 2.75) is 37.1 Å². The molecule has 4 aromatic rings. The quantitative estimate of drug-likeness (QED) is 0.261. The largest absolute Gasteiger partial charge is 0.342 e. The van der Waals surface area contributed by atoms with Crippen LogP contribution in [0.1, 0.15) is 57.8 Å². The summed E-state index contributed by atoms with van der Waals surface area (Å²) in [4.78, 5) is 15.2. The Labute approximate surface area is 234 Å². The van der Waals surface area contributed by atoms with Gasteiger partial charge in [0, 0.05) is 31.1 Å². The minimum Gasteiger partial charge on any atom is -0.342 e. The van der Waals surface area contributed by atoms with Gasteiger partial charge in [-0.25, -0.2) is 8.78 Å². The Hall–Kier alpha value is -3.83. The molecule has 1 unspecified atom stereocenters. The fraction of sp³-hybridized carbons (Fsp3) is 0.286. The highest BCUT2D eigenvalue weighted by molar-refractivity contribution is 6.00. The zero-order chi connectivity index (χ0) is 27.5. The summed E-state index contributed by atoms with van der Waals surface area (Å²) >= 11 is 0. The molecule has 0 saturated carbocycles. The van der Waals surface area contributed by atoms with E-state index < -0.39 is 0 Å². The number of carbonyl (C=O) groups is 1. The van der Waals surface area contributed by atoms with Crippen molar-refractivity contribution >= 4 is 5.91 Å². The molecule has 4 aromatic carbocycles. The van der Waals surface area contributed by atoms with Gasteiger partial charge in [0.15, 0.2) is 0 Å². The maximum absolute atomic E-state index is 13.8. The van der Waals surface area contributed by atoms with E-state index in [4.69, 9.17) is 0 Å². The van der Waals surface area contributed by atoms with Gasteiger partial charge < -0.3 is 10.2 Å². The van der Waals surface area contributed by atoms with Crippen LogP contribution in [0.2, 0.25) is 0 Å². The van der Waals surface area contributed by atoms with E-state index in [1.165, 1.54) is 29.8 Å². The maximum Gasteiger partial charge on any atom is 0.252 e. The molecule has 5 heteroatoms. The Morgan fingerprint density at radius 2 is 1.32 bits per heavy atom. The molecule has 0 bridgehead atoms. The Bertz CT molecular complexity index is 1400. The van der Waals surface area contributed by atoms with Gasteiger partial charge in [-0.1, -0.05) is 72.8 Å². The van der Waals surface area contributed by atoms with Crippen LogP contribution < -0.4 is 5.32 Å². The molecule has 0 aromatic heterocycles. The molecular formula is C35H34F2N2O. The predicted molar refractivity (Wildman–Crippen MR) is 154 cm³/mol. The number of rotatable bonds is 8. The van der Waals surface area contributed by atoms with Crippen LogP contribution in [0.3, 0.4) is 0 Å². The van der Waals surface area contributed by atoms with Crippen molar-refractivity contribution in [1.82, 2.24) is 10.2 Å². The fourth-order valence-electron chi connectivity index (χ4n) is 6.69. The predicted octanol–water partition coefficient (Wildman–Crippen LogP) is 7.08. The normalized spacial score (nSPS) is 17.1. The van der Waals surface area contributed by atoms with Crippen molar-refractivity contribution in [3.8, 4) is 0 Å². The molecule has 2 aliphatic rings. The number of halogens is 2. The van der Waals surface area contributed by atoms with Crippen molar-refractivity contribution in [3.05, 3.63) is 143 Å². The molecule has 3 nitrogen and oxygen atoms in total. The molecule has 40 heavy (non-hydrogen) atoms. The summed E-state index contributed by atoms with van der Waals surface area (Å²) < 4.78 is 27.6. The minimum absolute atomic E-state index is 0.0204. The van der Waals surface area contributed by atoms with Gasteiger partial charge in [0.25, 0.3) is 5.91 Å². The summed E-state index contributed by atoms with van der Waals surface area (Å²) in [6.07, 6.45) is 3.54. The molecular weight excluding hydrogens is 502 g/mol. The van der Waals surface area contributed by atoms with Gasteiger partial charge in [-0.15, -0.1) is 0 Å². The highest BCUT2D eigenvalue weighted by Crippen LogP contribution is 2.40. The number of hydrogen-bond acceptors (Lipinski definition) is 2. The molecule has 0 radical (unpaired) electrons. The zero-order valence-corrected chi connectivity index (χ0v) is 22.5. The van der Waals surface area contributed by atoms with Crippen molar-refractivity contribution in [2.75, 3.05) is 19.6 Å². The molecule has 2 heterocycles. The second kappa shape index (κ2) is 11.3. The third-order valence-electron chi connectivity index (χ3n) is 8.75. The maximum atomic E-state index is 13.8. The molecule has 1 N–H and O–H groups in total. The van der Waals surface area contributed by atoms with E-state index in [2.05, 4.69) is 40.5 Å². The Kier molecular flexibility index (Phi) is 7.48. The highest BCUT2D eigenvalue weighted by atomic mass is 19.1. The first-order valence-electron chi connectivity index (χ1n) is 14.2. The topological polar surface area (TPSA) is 32.3 Å². The van der Waals surface area contributed by atoms with Crippen molar-refractivity contribution in [3.63, 3.8) is 0 Å². The van der Waals surface area contributed by atoms with E-state index in [-0.39, 0.29) is 29.0 Å². The third-order valence-corrected chi connectivity index (χ3v) is 8.75. The molecule has 6 rings (SSSR count). The van der Waals surface area contributed by atoms with E-state index in [9.17, 15) is 13.6 Å². The van der Waals surface area contributed by atoms with E-state index in [1.807, 2.05) is 48.5 Å². The number of fused-ring (bicyclic) bond motifs is 2. The summed E-state index contributed by atoms with van der Waals surface area (Å²) in [6.45, 7) is 2.72. The van der Waals surface area contributed by atoms with Gasteiger partial charge in [-0.2, -0.15) is 0 Å². The van der Waals surface area contributed by atoms with Crippen LogP contribution in [-0.2, 0) is 12.0 Å². The van der Waals surface area contributed by atoms with Crippen LogP contribution >= 0.6 is 0 Å². The van der Waals surface area contributed by atoms with Crippen LogP contribution in [0.25, 0.3) is 0 Å². The van der Waals surface area contributed by atoms with Crippen LogP contribution in [-0.4, -0.2) is 30.4 Å². The molecule has 1 amide bonds. The van der Waals surface area contributed by atoms with E-state index >= 15 is 0 Å². The monoisotopic (exact) mass is 536 g/mol. The first-order chi connectivity index (χ1) is 19.5. The van der Waals surface area contributed by atoms with Gasteiger partial charge in [0.05, 0.1) is 5.54 Å². The standard InChI is InChI=1S/C35H34F2N2O/c36-29-14-10-27(11-15-29)32(28-12-16-30(37)17-13-28)23-26(22-25-6-2-1-3-7-25)24-39-20-18-35(19-21-39)33-9-5-4-8-31(33)34(40)38-35/h1-17,26,32H,18-24H2,(H,38,40). The van der Waals surface area contributed by atoms with Crippen LogP contribution in [0.5, 0.6) is 0 Å². The van der Waals surface area contributed by atoms with Crippen molar-refractivity contribution in [1.29, 1.82) is 0 Å². The summed E-state index contributed by atoms with van der Waals surface area (Å²) in [5.74, 6) is -0.142. The lowest BCUT2D eigenvalue weighted by molar-refractivity contribution is 0.0841. The fourth-order valence-corrected chi connectivity index (χ4v) is 6.69. The first kappa shape index (κ1) is 26.4. The zero-order valence-electron chi connectivity index (χ0n) is 22.5. The number of amides is 1. The molecule has 204 valence electrons. The number of nitrogens with one attached hydrogen (secondary N) is 1. The summed E-state index contributed by atoms with van der Waals surface area (Å²) in [5, 5.41) is 3.31. The summed E-state index contributed by atoms with van der Waals surface area (Å²) in [7, 11) is 0. The number of benzene rings is 4. The number of carbonyl (C=O) groups excluding carboxylic acids is 1. The van der Waals surface area contributed by atoms with Gasteiger partial charge >= 0.3 is 0 Å².